The van der Waals surface area contributed by atoms with E-state index < -0.39 is 0 Å². The first-order valence-electron chi connectivity index (χ1n) is 2.16. The van der Waals surface area contributed by atoms with Gasteiger partial charge in [-0.15, -0.1) is 10.5 Å². The Balaban J connectivity index is 2.64. The fourth-order valence-corrected chi connectivity index (χ4v) is 0.372. The quantitative estimate of drug-likeness (QED) is 0.455. The number of carbonyl (C=O) groups excluding carboxylic acids is 1. The normalized spacial score (nSPS) is 15.6. The average Bonchev–Trinajstić information content (AvgIpc) is 2.18. The molecule has 0 saturated carbocycles. The Hall–Kier alpha value is -1.59. The molecule has 0 spiro atoms. The minimum absolute atomic E-state index is 0.127. The fourth-order valence-electron chi connectivity index (χ4n) is 0.372. The molecule has 0 aromatic rings. The van der Waals surface area contributed by atoms with Crippen molar-refractivity contribution in [2.24, 2.45) is 16.1 Å². The van der Waals surface area contributed by atoms with Crippen LogP contribution in [0.5, 0.6) is 0 Å². The molecule has 1 rings (SSSR count). The van der Waals surface area contributed by atoms with Gasteiger partial charge >= 0.3 is 0 Å². The summed E-state index contributed by atoms with van der Waals surface area (Å²) >= 11 is 0. The molecule has 1 heterocycles. The zero-order chi connectivity index (χ0) is 6.69. The highest BCUT2D eigenvalue weighted by atomic mass is 16.1. The maximum absolute atomic E-state index is 9.76. The maximum Gasteiger partial charge on any atom is 0.212 e. The highest BCUT2D eigenvalue weighted by Gasteiger charge is 2.07. The molecule has 6 nitrogen and oxygen atoms in total. The van der Waals surface area contributed by atoms with Gasteiger partial charge in [-0.1, -0.05) is 0 Å². The largest absolute Gasteiger partial charge is 0.379 e. The number of carbonyl (C=O) groups is 1. The van der Waals surface area contributed by atoms with Crippen molar-refractivity contribution in [2.75, 3.05) is 0 Å². The van der Waals surface area contributed by atoms with Gasteiger partial charge in [-0.3, -0.25) is 4.79 Å². The summed E-state index contributed by atoms with van der Waals surface area (Å²) in [7, 11) is 0. The molecule has 0 aromatic carbocycles. The molecule has 0 fully saturated rings. The lowest BCUT2D eigenvalue weighted by atomic mass is 10.7. The zero-order valence-corrected chi connectivity index (χ0v) is 4.40. The van der Waals surface area contributed by atoms with Crippen molar-refractivity contribution in [3.8, 4) is 0 Å². The van der Waals surface area contributed by atoms with E-state index in [1.54, 1.807) is 0 Å². The first kappa shape index (κ1) is 5.54. The lowest BCUT2D eigenvalue weighted by Crippen LogP contribution is -2.15. The van der Waals surface area contributed by atoms with Crippen molar-refractivity contribution >= 4 is 6.41 Å². The van der Waals surface area contributed by atoms with Gasteiger partial charge in [-0.05, 0) is 5.22 Å². The van der Waals surface area contributed by atoms with E-state index >= 15 is 0 Å². The Morgan fingerprint density at radius 1 is 1.67 bits per heavy atom. The molecule has 1 aliphatic heterocycles. The number of nitrogens with one attached hydrogen (secondary N) is 1. The average molecular weight is 126 g/mol. The van der Waals surface area contributed by atoms with Crippen LogP contribution in [0.25, 0.3) is 0 Å². The minimum atomic E-state index is 0.127. The number of hydrogen-bond donors (Lipinski definition) is 2. The van der Waals surface area contributed by atoms with Crippen LogP contribution in [0.1, 0.15) is 0 Å². The van der Waals surface area contributed by atoms with Crippen LogP contribution in [-0.4, -0.2) is 6.41 Å². The van der Waals surface area contributed by atoms with Crippen LogP contribution in [0.2, 0.25) is 0 Å². The molecule has 1 amide bonds. The zero-order valence-electron chi connectivity index (χ0n) is 4.40. The third-order valence-corrected chi connectivity index (χ3v) is 0.735. The smallest absolute Gasteiger partial charge is 0.212 e. The van der Waals surface area contributed by atoms with Gasteiger partial charge in [-0.2, -0.15) is 0 Å². The molecule has 9 heavy (non-hydrogen) atoms. The van der Waals surface area contributed by atoms with Crippen LogP contribution in [0.15, 0.2) is 22.0 Å². The summed E-state index contributed by atoms with van der Waals surface area (Å²) in [6, 6.07) is 0. The van der Waals surface area contributed by atoms with E-state index in [0.29, 0.717) is 6.41 Å². The monoisotopic (exact) mass is 126 g/mol. The summed E-state index contributed by atoms with van der Waals surface area (Å²) in [5.41, 5.74) is 8.50. The molecule has 0 aromatic heterocycles. The summed E-state index contributed by atoms with van der Waals surface area (Å²) < 4.78 is 0. The predicted octanol–water partition coefficient (Wildman–Crippen LogP) is -1.20. The molecular formula is C3H4N5O. The van der Waals surface area contributed by atoms with E-state index in [4.69, 9.17) is 5.73 Å². The van der Waals surface area contributed by atoms with Crippen molar-refractivity contribution in [1.29, 1.82) is 0 Å². The Morgan fingerprint density at radius 3 is 2.89 bits per heavy atom. The minimum Gasteiger partial charge on any atom is -0.379 e. The Bertz CT molecular complexity index is 183. The third-order valence-electron chi connectivity index (χ3n) is 0.735. The van der Waals surface area contributed by atoms with Crippen molar-refractivity contribution in [1.82, 2.24) is 10.7 Å². The molecule has 0 bridgehead atoms. The third kappa shape index (κ3) is 0.958. The molecule has 6 heteroatoms. The highest BCUT2D eigenvalue weighted by Crippen LogP contribution is 2.01. The molecule has 47 valence electrons. The van der Waals surface area contributed by atoms with Crippen LogP contribution in [0, 0.1) is 0 Å². The molecular weight excluding hydrogens is 122 g/mol. The molecule has 3 N–H and O–H groups in total. The summed E-state index contributed by atoms with van der Waals surface area (Å²) in [6.45, 7) is 0. The Kier molecular flexibility index (Phi) is 1.31. The van der Waals surface area contributed by atoms with E-state index in [0.717, 1.165) is 0 Å². The van der Waals surface area contributed by atoms with Crippen molar-refractivity contribution < 1.29 is 4.79 Å². The van der Waals surface area contributed by atoms with Gasteiger partial charge in [0.25, 0.3) is 0 Å². The second kappa shape index (κ2) is 2.12. The van der Waals surface area contributed by atoms with Gasteiger partial charge in [0, 0.05) is 0 Å². The Labute approximate surface area is 50.8 Å². The molecule has 0 saturated heterocycles. The lowest BCUT2D eigenvalue weighted by molar-refractivity contribution is -0.108. The Morgan fingerprint density at radius 2 is 2.44 bits per heavy atom. The number of hydrogen-bond acceptors (Lipinski definition) is 4. The van der Waals surface area contributed by atoms with Gasteiger partial charge in [0.1, 0.15) is 0 Å². The van der Waals surface area contributed by atoms with E-state index in [-0.39, 0.29) is 11.6 Å². The van der Waals surface area contributed by atoms with Crippen LogP contribution < -0.4 is 16.5 Å². The van der Waals surface area contributed by atoms with Crippen molar-refractivity contribution in [2.45, 2.75) is 0 Å². The van der Waals surface area contributed by atoms with E-state index in [2.05, 4.69) is 21.1 Å². The van der Waals surface area contributed by atoms with Gasteiger partial charge in [0.05, 0.1) is 0 Å². The standard InChI is InChI=1S/C3H4N5O/c4-2-3(5-1-9)7-8-6-2/h1H,4H2,(H,5,9). The second-order valence-electron chi connectivity index (χ2n) is 1.29. The van der Waals surface area contributed by atoms with Crippen molar-refractivity contribution in [3.05, 3.63) is 11.6 Å². The van der Waals surface area contributed by atoms with Crippen molar-refractivity contribution in [3.63, 3.8) is 0 Å². The summed E-state index contributed by atoms with van der Waals surface area (Å²) in [4.78, 5) is 9.76. The molecule has 0 atom stereocenters. The molecule has 0 unspecified atom stereocenters. The molecule has 1 aliphatic rings. The predicted molar refractivity (Wildman–Crippen MR) is 27.4 cm³/mol. The van der Waals surface area contributed by atoms with Gasteiger partial charge in [-0.25, -0.2) is 0 Å². The summed E-state index contributed by atoms with van der Waals surface area (Å²) in [6.07, 6.45) is 0.460. The molecule has 0 aliphatic carbocycles. The SMILES string of the molecule is NC1=C(NC=O)N=N[N]1. The molecule has 1 radical (unpaired) electrons. The van der Waals surface area contributed by atoms with Crippen LogP contribution >= 0.6 is 0 Å². The summed E-state index contributed by atoms with van der Waals surface area (Å²) in [5.74, 6) is 0.326. The van der Waals surface area contributed by atoms with E-state index in [1.807, 2.05) is 0 Å². The van der Waals surface area contributed by atoms with Gasteiger partial charge < -0.3 is 11.1 Å². The maximum atomic E-state index is 9.76. The highest BCUT2D eigenvalue weighted by molar-refractivity contribution is 5.50. The van der Waals surface area contributed by atoms with Crippen LogP contribution in [0.4, 0.5) is 0 Å². The van der Waals surface area contributed by atoms with E-state index in [1.165, 1.54) is 0 Å². The topological polar surface area (TPSA) is 93.9 Å². The number of nitrogens with zero attached hydrogens (tertiary/aromatic N) is 3. The second-order valence-corrected chi connectivity index (χ2v) is 1.29. The summed E-state index contributed by atoms with van der Waals surface area (Å²) in [5, 5.41) is 8.79. The van der Waals surface area contributed by atoms with Crippen LogP contribution in [0.3, 0.4) is 0 Å². The number of rotatable bonds is 2. The lowest BCUT2D eigenvalue weighted by Gasteiger charge is -1.90. The van der Waals surface area contributed by atoms with Gasteiger partial charge in [0.2, 0.25) is 12.2 Å². The van der Waals surface area contributed by atoms with Gasteiger partial charge in [0.15, 0.2) is 5.82 Å². The fraction of sp³-hybridized carbons (Fsp3) is 0. The van der Waals surface area contributed by atoms with E-state index in [9.17, 15) is 4.79 Å². The number of amides is 1. The number of nitrogens with two attached hydrogens (primary N) is 1. The first-order chi connectivity index (χ1) is 4.34. The first-order valence-corrected chi connectivity index (χ1v) is 2.16. The van der Waals surface area contributed by atoms with Crippen LogP contribution in [-0.2, 0) is 4.79 Å².